The van der Waals surface area contributed by atoms with Crippen LogP contribution in [0.15, 0.2) is 18.2 Å². The molecule has 0 saturated carbocycles. The highest BCUT2D eigenvalue weighted by Crippen LogP contribution is 2.21. The maximum absolute atomic E-state index is 2.59. The van der Waals surface area contributed by atoms with E-state index >= 15 is 0 Å². The van der Waals surface area contributed by atoms with Crippen LogP contribution in [0.3, 0.4) is 0 Å². The third-order valence-corrected chi connectivity index (χ3v) is 6.69. The van der Waals surface area contributed by atoms with Gasteiger partial charge in [0, 0.05) is 0 Å². The van der Waals surface area contributed by atoms with Gasteiger partial charge in [-0.1, -0.05) is 135 Å². The van der Waals surface area contributed by atoms with Gasteiger partial charge in [0.15, 0.2) is 0 Å². The zero-order valence-electron chi connectivity index (χ0n) is 21.1. The third-order valence-electron chi connectivity index (χ3n) is 6.69. The summed E-state index contributed by atoms with van der Waals surface area (Å²) < 4.78 is 0. The molecule has 0 spiro atoms. The van der Waals surface area contributed by atoms with Crippen LogP contribution in [0.25, 0.3) is 0 Å². The Balaban J connectivity index is 2.48. The number of hydrogen-bond donors (Lipinski definition) is 0. The van der Waals surface area contributed by atoms with Gasteiger partial charge in [-0.05, 0) is 55.2 Å². The first kappa shape index (κ1) is 27.3. The van der Waals surface area contributed by atoms with Crippen LogP contribution >= 0.6 is 0 Å². The fourth-order valence-electron chi connectivity index (χ4n) is 4.61. The Morgan fingerprint density at radius 2 is 0.800 bits per heavy atom. The lowest BCUT2D eigenvalue weighted by Gasteiger charge is -2.13. The Kier molecular flexibility index (Phi) is 18.3. The van der Waals surface area contributed by atoms with Crippen molar-refractivity contribution < 1.29 is 0 Å². The van der Waals surface area contributed by atoms with Crippen molar-refractivity contribution in [3.05, 3.63) is 34.9 Å². The number of rotatable bonds is 21. The topological polar surface area (TPSA) is 0 Å². The smallest absolute Gasteiger partial charge is 0.0276 e. The lowest BCUT2D eigenvalue weighted by atomic mass is 9.93. The van der Waals surface area contributed by atoms with Crippen molar-refractivity contribution in [1.29, 1.82) is 0 Å². The van der Waals surface area contributed by atoms with E-state index in [1.807, 2.05) is 0 Å². The number of aryl methyl sites for hydroxylation is 3. The zero-order chi connectivity index (χ0) is 21.7. The highest BCUT2D eigenvalue weighted by atomic mass is 14.1. The standard InChI is InChI=1S/C30H54/c1-4-7-10-13-16-19-22-28-25-26-29(23-20-17-14-11-8-5-2)30(27-28)24-21-18-15-12-9-6-3/h25-27H,4-24H2,1-3H3. The molecule has 174 valence electrons. The van der Waals surface area contributed by atoms with Crippen LogP contribution in [-0.2, 0) is 19.3 Å². The lowest BCUT2D eigenvalue weighted by molar-refractivity contribution is 0.598. The number of benzene rings is 1. The van der Waals surface area contributed by atoms with Crippen molar-refractivity contribution in [3.63, 3.8) is 0 Å². The summed E-state index contributed by atoms with van der Waals surface area (Å²) in [6.45, 7) is 6.92. The average Bonchev–Trinajstić information content (AvgIpc) is 2.76. The summed E-state index contributed by atoms with van der Waals surface area (Å²) in [5.41, 5.74) is 4.94. The maximum Gasteiger partial charge on any atom is -0.0276 e. The summed E-state index contributed by atoms with van der Waals surface area (Å²) in [7, 11) is 0. The van der Waals surface area contributed by atoms with E-state index in [1.165, 1.54) is 135 Å². The zero-order valence-corrected chi connectivity index (χ0v) is 21.1. The van der Waals surface area contributed by atoms with Crippen LogP contribution in [0.1, 0.15) is 153 Å². The molecule has 0 N–H and O–H groups in total. The van der Waals surface area contributed by atoms with Crippen molar-refractivity contribution in [2.75, 3.05) is 0 Å². The second-order valence-electron chi connectivity index (χ2n) is 9.66. The van der Waals surface area contributed by atoms with Crippen molar-refractivity contribution in [2.45, 2.75) is 156 Å². The Bertz CT molecular complexity index is 487. The molecule has 0 aliphatic heterocycles. The van der Waals surface area contributed by atoms with Gasteiger partial charge >= 0.3 is 0 Å². The number of unbranched alkanes of at least 4 members (excludes halogenated alkanes) is 15. The molecule has 1 rings (SSSR count). The fraction of sp³-hybridized carbons (Fsp3) is 0.800. The van der Waals surface area contributed by atoms with E-state index in [2.05, 4.69) is 39.0 Å². The molecule has 0 aliphatic rings. The molecule has 0 heteroatoms. The van der Waals surface area contributed by atoms with Gasteiger partial charge in [-0.25, -0.2) is 0 Å². The quantitative estimate of drug-likeness (QED) is 0.175. The molecule has 0 fully saturated rings. The Morgan fingerprint density at radius 3 is 1.30 bits per heavy atom. The molecule has 0 atom stereocenters. The summed E-state index contributed by atoms with van der Waals surface area (Å²) in [4.78, 5) is 0. The highest BCUT2D eigenvalue weighted by Gasteiger charge is 2.06. The second kappa shape index (κ2) is 20.1. The predicted octanol–water partition coefficient (Wildman–Crippen LogP) is 10.4. The van der Waals surface area contributed by atoms with Crippen molar-refractivity contribution in [3.8, 4) is 0 Å². The molecular weight excluding hydrogens is 360 g/mol. The molecule has 0 radical (unpaired) electrons. The van der Waals surface area contributed by atoms with E-state index in [-0.39, 0.29) is 0 Å². The van der Waals surface area contributed by atoms with Gasteiger partial charge in [-0.15, -0.1) is 0 Å². The van der Waals surface area contributed by atoms with Gasteiger partial charge in [-0.2, -0.15) is 0 Å². The molecule has 0 aliphatic carbocycles. The summed E-state index contributed by atoms with van der Waals surface area (Å²) in [6.07, 6.45) is 29.1. The highest BCUT2D eigenvalue weighted by molar-refractivity contribution is 5.32. The third kappa shape index (κ3) is 14.3. The van der Waals surface area contributed by atoms with Crippen molar-refractivity contribution >= 4 is 0 Å². The van der Waals surface area contributed by atoms with E-state index in [4.69, 9.17) is 0 Å². The van der Waals surface area contributed by atoms with Gasteiger partial charge < -0.3 is 0 Å². The molecule has 1 aromatic carbocycles. The average molecular weight is 415 g/mol. The van der Waals surface area contributed by atoms with Crippen molar-refractivity contribution in [2.24, 2.45) is 0 Å². The van der Waals surface area contributed by atoms with Crippen LogP contribution in [0.5, 0.6) is 0 Å². The van der Waals surface area contributed by atoms with E-state index in [0.717, 1.165) is 0 Å². The molecule has 30 heavy (non-hydrogen) atoms. The van der Waals surface area contributed by atoms with Gasteiger partial charge in [0.1, 0.15) is 0 Å². The van der Waals surface area contributed by atoms with Crippen LogP contribution in [0.4, 0.5) is 0 Å². The second-order valence-corrected chi connectivity index (χ2v) is 9.66. The molecule has 0 heterocycles. The Labute approximate surface area is 190 Å². The molecular formula is C30H54. The largest absolute Gasteiger partial charge is 0.0654 e. The van der Waals surface area contributed by atoms with Gasteiger partial charge in [0.25, 0.3) is 0 Å². The Hall–Kier alpha value is -0.780. The minimum absolute atomic E-state index is 1.28. The fourth-order valence-corrected chi connectivity index (χ4v) is 4.61. The van der Waals surface area contributed by atoms with Gasteiger partial charge in [-0.3, -0.25) is 0 Å². The first-order valence-electron chi connectivity index (χ1n) is 13.9. The summed E-state index contributed by atoms with van der Waals surface area (Å²) >= 11 is 0. The lowest BCUT2D eigenvalue weighted by Crippen LogP contribution is -1.98. The molecule has 0 amide bonds. The van der Waals surface area contributed by atoms with E-state index in [9.17, 15) is 0 Å². The molecule has 0 nitrogen and oxygen atoms in total. The minimum Gasteiger partial charge on any atom is -0.0654 e. The van der Waals surface area contributed by atoms with E-state index in [0.29, 0.717) is 0 Å². The van der Waals surface area contributed by atoms with E-state index < -0.39 is 0 Å². The van der Waals surface area contributed by atoms with Crippen LogP contribution in [0, 0.1) is 0 Å². The first-order valence-corrected chi connectivity index (χ1v) is 13.9. The normalized spacial score (nSPS) is 11.3. The molecule has 0 unspecified atom stereocenters. The first-order chi connectivity index (χ1) is 14.8. The molecule has 1 aromatic rings. The van der Waals surface area contributed by atoms with Crippen LogP contribution in [-0.4, -0.2) is 0 Å². The number of hydrogen-bond acceptors (Lipinski definition) is 0. The van der Waals surface area contributed by atoms with Crippen molar-refractivity contribution in [1.82, 2.24) is 0 Å². The van der Waals surface area contributed by atoms with E-state index in [1.54, 1.807) is 16.7 Å². The van der Waals surface area contributed by atoms with Crippen LogP contribution in [0.2, 0.25) is 0 Å². The van der Waals surface area contributed by atoms with Gasteiger partial charge in [0.05, 0.1) is 0 Å². The summed E-state index contributed by atoms with van der Waals surface area (Å²) in [5, 5.41) is 0. The summed E-state index contributed by atoms with van der Waals surface area (Å²) in [6, 6.07) is 7.53. The Morgan fingerprint density at radius 1 is 0.400 bits per heavy atom. The molecule has 0 bridgehead atoms. The predicted molar refractivity (Wildman–Crippen MR) is 138 cm³/mol. The SMILES string of the molecule is CCCCCCCCc1ccc(CCCCCCCC)c(CCCCCCCC)c1. The van der Waals surface area contributed by atoms with Gasteiger partial charge in [0.2, 0.25) is 0 Å². The monoisotopic (exact) mass is 414 g/mol. The minimum atomic E-state index is 1.28. The molecule has 0 saturated heterocycles. The van der Waals surface area contributed by atoms with Crippen LogP contribution < -0.4 is 0 Å². The maximum atomic E-state index is 2.59. The summed E-state index contributed by atoms with van der Waals surface area (Å²) in [5.74, 6) is 0. The molecule has 0 aromatic heterocycles.